The van der Waals surface area contributed by atoms with E-state index in [0.717, 1.165) is 36.3 Å². The molecule has 136 valence electrons. The van der Waals surface area contributed by atoms with Crippen LogP contribution < -0.4 is 16.5 Å². The van der Waals surface area contributed by atoms with Gasteiger partial charge in [0.25, 0.3) is 5.91 Å². The molecular formula is C17H16Cl2N4O2S. The highest BCUT2D eigenvalue weighted by atomic mass is 35.5. The summed E-state index contributed by atoms with van der Waals surface area (Å²) in [5.41, 5.74) is 10.8. The molecule has 0 aliphatic heterocycles. The van der Waals surface area contributed by atoms with Crippen LogP contribution in [0.25, 0.3) is 0 Å². The molecule has 0 saturated heterocycles. The topological polar surface area (TPSA) is 92.6 Å². The number of thiocarbonyl (C=S) groups is 1. The number of fused-ring (bicyclic) bond motifs is 1. The highest BCUT2D eigenvalue weighted by Gasteiger charge is 2.28. The van der Waals surface area contributed by atoms with Crippen molar-refractivity contribution in [1.82, 2.24) is 5.43 Å². The van der Waals surface area contributed by atoms with E-state index in [1.165, 1.54) is 0 Å². The van der Waals surface area contributed by atoms with Gasteiger partial charge in [0, 0.05) is 22.6 Å². The third kappa shape index (κ3) is 3.85. The Kier molecular flexibility index (Phi) is 5.50. The van der Waals surface area contributed by atoms with Gasteiger partial charge in [-0.2, -0.15) is 5.10 Å². The van der Waals surface area contributed by atoms with Crippen molar-refractivity contribution in [2.75, 3.05) is 5.32 Å². The standard InChI is InChI=1S/C17H16Cl2N4O2S/c1-8-14-12(22-23-17(20)26)3-2-4-13(14)25-15(8)16(24)21-11-6-5-9(18)7-10(11)19/h5-7H,2-4H2,1H3,(H,21,24)(H3,20,23,26)/b22-12+. The van der Waals surface area contributed by atoms with Crippen LogP contribution in [0.5, 0.6) is 0 Å². The molecule has 0 unspecified atom stereocenters. The van der Waals surface area contributed by atoms with E-state index in [4.69, 9.17) is 45.6 Å². The van der Waals surface area contributed by atoms with Crippen LogP contribution in [0, 0.1) is 6.92 Å². The Morgan fingerprint density at radius 1 is 1.35 bits per heavy atom. The third-order valence-corrected chi connectivity index (χ3v) is 4.65. The van der Waals surface area contributed by atoms with Crippen molar-refractivity contribution < 1.29 is 9.21 Å². The van der Waals surface area contributed by atoms with Crippen molar-refractivity contribution in [2.24, 2.45) is 10.8 Å². The molecule has 1 heterocycles. The Hall–Kier alpha value is -2.09. The number of aryl methyl sites for hydroxylation is 1. The zero-order valence-electron chi connectivity index (χ0n) is 13.9. The van der Waals surface area contributed by atoms with Gasteiger partial charge in [0.1, 0.15) is 5.76 Å². The number of hydrogen-bond acceptors (Lipinski definition) is 4. The Bertz CT molecular complexity index is 924. The number of carbonyl (C=O) groups excluding carboxylic acids is 1. The number of hydrazone groups is 1. The number of hydrogen-bond donors (Lipinski definition) is 3. The molecular weight excluding hydrogens is 395 g/mol. The number of amides is 1. The van der Waals surface area contributed by atoms with Crippen molar-refractivity contribution >= 4 is 57.8 Å². The Morgan fingerprint density at radius 2 is 2.12 bits per heavy atom. The van der Waals surface area contributed by atoms with Crippen LogP contribution >= 0.6 is 35.4 Å². The van der Waals surface area contributed by atoms with Crippen molar-refractivity contribution in [3.05, 3.63) is 50.9 Å². The van der Waals surface area contributed by atoms with Crippen LogP contribution in [0.2, 0.25) is 10.0 Å². The van der Waals surface area contributed by atoms with Gasteiger partial charge in [0.05, 0.1) is 16.4 Å². The Morgan fingerprint density at radius 3 is 2.81 bits per heavy atom. The third-order valence-electron chi connectivity index (χ3n) is 4.01. The molecule has 4 N–H and O–H groups in total. The fourth-order valence-corrected chi connectivity index (χ4v) is 3.39. The number of rotatable bonds is 3. The van der Waals surface area contributed by atoms with Gasteiger partial charge in [-0.1, -0.05) is 23.2 Å². The Labute approximate surface area is 165 Å². The lowest BCUT2D eigenvalue weighted by molar-refractivity contribution is 0.0994. The van der Waals surface area contributed by atoms with Crippen LogP contribution in [-0.4, -0.2) is 16.7 Å². The van der Waals surface area contributed by atoms with E-state index in [1.807, 2.05) is 6.92 Å². The van der Waals surface area contributed by atoms with E-state index in [9.17, 15) is 4.79 Å². The molecule has 1 aliphatic carbocycles. The van der Waals surface area contributed by atoms with Gasteiger partial charge in [0.2, 0.25) is 0 Å². The number of nitrogens with two attached hydrogens (primary N) is 1. The molecule has 1 aromatic carbocycles. The van der Waals surface area contributed by atoms with Gasteiger partial charge in [0.15, 0.2) is 10.9 Å². The monoisotopic (exact) mass is 410 g/mol. The lowest BCUT2D eigenvalue weighted by Crippen LogP contribution is -2.26. The van der Waals surface area contributed by atoms with E-state index in [-0.39, 0.29) is 16.8 Å². The lowest BCUT2D eigenvalue weighted by Gasteiger charge is -2.13. The summed E-state index contributed by atoms with van der Waals surface area (Å²) >= 11 is 16.8. The predicted octanol–water partition coefficient (Wildman–Crippen LogP) is 4.02. The molecule has 9 heteroatoms. The largest absolute Gasteiger partial charge is 0.455 e. The lowest BCUT2D eigenvalue weighted by atomic mass is 9.93. The van der Waals surface area contributed by atoms with E-state index in [2.05, 4.69) is 15.8 Å². The van der Waals surface area contributed by atoms with Crippen LogP contribution in [0.15, 0.2) is 27.7 Å². The minimum absolute atomic E-state index is 0.0844. The maximum atomic E-state index is 12.7. The second kappa shape index (κ2) is 7.65. The number of anilines is 1. The molecule has 0 radical (unpaired) electrons. The first-order valence-corrected chi connectivity index (χ1v) is 9.04. The average molecular weight is 411 g/mol. The number of carbonyl (C=O) groups is 1. The first kappa shape index (κ1) is 18.7. The highest BCUT2D eigenvalue weighted by molar-refractivity contribution is 7.80. The molecule has 0 atom stereocenters. The zero-order chi connectivity index (χ0) is 18.8. The zero-order valence-corrected chi connectivity index (χ0v) is 16.2. The van der Waals surface area contributed by atoms with Crippen LogP contribution in [0.4, 0.5) is 5.69 Å². The van der Waals surface area contributed by atoms with Crippen molar-refractivity contribution in [1.29, 1.82) is 0 Å². The molecule has 26 heavy (non-hydrogen) atoms. The molecule has 0 bridgehead atoms. The summed E-state index contributed by atoms with van der Waals surface area (Å²) in [6.07, 6.45) is 2.34. The molecule has 1 aliphatic rings. The maximum absolute atomic E-state index is 12.7. The van der Waals surface area contributed by atoms with E-state index >= 15 is 0 Å². The average Bonchev–Trinajstić information content (AvgIpc) is 2.93. The highest BCUT2D eigenvalue weighted by Crippen LogP contribution is 2.31. The van der Waals surface area contributed by atoms with Crippen molar-refractivity contribution in [3.63, 3.8) is 0 Å². The Balaban J connectivity index is 1.91. The number of furan rings is 1. The summed E-state index contributed by atoms with van der Waals surface area (Å²) in [5.74, 6) is 0.568. The molecule has 1 aromatic heterocycles. The van der Waals surface area contributed by atoms with Gasteiger partial charge in [-0.3, -0.25) is 10.2 Å². The van der Waals surface area contributed by atoms with Crippen LogP contribution in [0.3, 0.4) is 0 Å². The molecule has 3 rings (SSSR count). The quantitative estimate of drug-likeness (QED) is 0.524. The fourth-order valence-electron chi connectivity index (χ4n) is 2.89. The summed E-state index contributed by atoms with van der Waals surface area (Å²) in [5, 5.41) is 7.91. The van der Waals surface area contributed by atoms with Gasteiger partial charge in [-0.25, -0.2) is 0 Å². The maximum Gasteiger partial charge on any atom is 0.291 e. The molecule has 0 saturated carbocycles. The molecule has 1 amide bonds. The van der Waals surface area contributed by atoms with E-state index in [0.29, 0.717) is 21.3 Å². The van der Waals surface area contributed by atoms with Crippen molar-refractivity contribution in [3.8, 4) is 0 Å². The normalized spacial score (nSPS) is 14.8. The molecule has 0 spiro atoms. The summed E-state index contributed by atoms with van der Waals surface area (Å²) in [7, 11) is 0. The van der Waals surface area contributed by atoms with Crippen molar-refractivity contribution in [2.45, 2.75) is 26.2 Å². The summed E-state index contributed by atoms with van der Waals surface area (Å²) in [6, 6.07) is 4.85. The van der Waals surface area contributed by atoms with Gasteiger partial charge >= 0.3 is 0 Å². The fraction of sp³-hybridized carbons (Fsp3) is 0.235. The summed E-state index contributed by atoms with van der Waals surface area (Å²) < 4.78 is 5.82. The van der Waals surface area contributed by atoms with E-state index in [1.54, 1.807) is 18.2 Å². The molecule has 2 aromatic rings. The smallest absolute Gasteiger partial charge is 0.291 e. The molecule has 0 fully saturated rings. The van der Waals surface area contributed by atoms with E-state index < -0.39 is 0 Å². The van der Waals surface area contributed by atoms with Gasteiger partial charge in [-0.05, 0) is 50.2 Å². The van der Waals surface area contributed by atoms with Crippen LogP contribution in [0.1, 0.15) is 40.3 Å². The second-order valence-electron chi connectivity index (χ2n) is 5.82. The van der Waals surface area contributed by atoms with Gasteiger partial charge < -0.3 is 15.5 Å². The first-order valence-electron chi connectivity index (χ1n) is 7.88. The number of benzene rings is 1. The summed E-state index contributed by atoms with van der Waals surface area (Å²) in [6.45, 7) is 1.82. The number of nitrogens with one attached hydrogen (secondary N) is 2. The SMILES string of the molecule is Cc1c(C(=O)Nc2ccc(Cl)cc2Cl)oc2c1/C(=N/NC(N)=S)CCC2. The second-order valence-corrected chi connectivity index (χ2v) is 7.10. The number of nitrogens with zero attached hydrogens (tertiary/aromatic N) is 1. The predicted molar refractivity (Wildman–Crippen MR) is 107 cm³/mol. The van der Waals surface area contributed by atoms with Crippen LogP contribution in [-0.2, 0) is 6.42 Å². The summed E-state index contributed by atoms with van der Waals surface area (Å²) in [4.78, 5) is 12.7. The number of halogens is 2. The minimum Gasteiger partial charge on any atom is -0.455 e. The minimum atomic E-state index is -0.386. The molecule has 6 nitrogen and oxygen atoms in total. The van der Waals surface area contributed by atoms with Gasteiger partial charge in [-0.15, -0.1) is 0 Å². The first-order chi connectivity index (χ1) is 12.4.